The number of carbonyl (C=O) groups is 3. The maximum atomic E-state index is 15.7. The zero-order valence-electron chi connectivity index (χ0n) is 41.1. The minimum absolute atomic E-state index is 0.0182. The Kier molecular flexibility index (Phi) is 11.7. The van der Waals surface area contributed by atoms with Crippen LogP contribution in [0.3, 0.4) is 0 Å². The van der Waals surface area contributed by atoms with Crippen molar-refractivity contribution in [2.24, 2.45) is 73.4 Å². The van der Waals surface area contributed by atoms with Gasteiger partial charge in [-0.3, -0.25) is 9.59 Å². The predicted octanol–water partition coefficient (Wildman–Crippen LogP) is 11.1. The highest BCUT2D eigenvalue weighted by Crippen LogP contribution is 2.78. The van der Waals surface area contributed by atoms with Gasteiger partial charge in [-0.15, -0.1) is 0 Å². The number of nitrogens with zero attached hydrogens (tertiary/aromatic N) is 2. The van der Waals surface area contributed by atoms with E-state index in [0.717, 1.165) is 99.9 Å². The Bertz CT molecular complexity index is 2160. The number of imidazole rings is 1. The summed E-state index contributed by atoms with van der Waals surface area (Å²) in [4.78, 5) is 51.1. The summed E-state index contributed by atoms with van der Waals surface area (Å²) in [6, 6.07) is 8.02. The van der Waals surface area contributed by atoms with Crippen molar-refractivity contribution < 1.29 is 33.7 Å². The molecule has 9 rings (SSSR count). The summed E-state index contributed by atoms with van der Waals surface area (Å²) in [5.41, 5.74) is 1.75. The maximum Gasteiger partial charge on any atom is 0.307 e. The van der Waals surface area contributed by atoms with Gasteiger partial charge in [0, 0.05) is 13.7 Å². The maximum absolute atomic E-state index is 15.7. The first kappa shape index (κ1) is 46.6. The SMILES string of the molecule is C=C(C)C1CC[C@]2(C(=O)N3CCCC3c3ncc(-c4ccc(OCCOC)cc4)[nH]3)CC[C@]3(C)[C@H](CCC4[C@@]5(C)CC[C@H](OCC6(C=O)CC(C(=O)O)C6(C)C)C(C)(C)C5CC[C@]43C)[C@@H]12. The molecule has 10 nitrogen and oxygen atoms in total. The predicted molar refractivity (Wildman–Crippen MR) is 252 cm³/mol. The second kappa shape index (κ2) is 16.3. The topological polar surface area (TPSA) is 131 Å². The fraction of sp³-hybridized carbons (Fsp3) is 0.745. The van der Waals surface area contributed by atoms with E-state index in [0.29, 0.717) is 55.8 Å². The summed E-state index contributed by atoms with van der Waals surface area (Å²) in [5, 5.41) is 9.84. The number of H-pyrrole nitrogens is 1. The van der Waals surface area contributed by atoms with Crippen molar-refractivity contribution in [3.8, 4) is 17.0 Å². The minimum atomic E-state index is -0.822. The Hall–Kier alpha value is -3.50. The smallest absolute Gasteiger partial charge is 0.307 e. The molecule has 7 aliphatic rings. The van der Waals surface area contributed by atoms with Crippen LogP contribution in [-0.4, -0.2) is 77.7 Å². The number of aliphatic carboxylic acids is 1. The summed E-state index contributed by atoms with van der Waals surface area (Å²) >= 11 is 0. The third-order valence-electron chi connectivity index (χ3n) is 21.4. The molecule has 2 heterocycles. The standard InChI is InChI=1S/C55H79N3O7/c1-34(2)37-19-24-55(48(62)58-27-11-12-41(58)46-56-31-40(57-46)35-13-15-36(16-14-35)64-29-28-63-10)26-25-52(8)38(45(37)55)17-18-43-51(7)22-21-44(49(3,4)42(51)20-23-53(43,52)9)65-33-54(32-59)30-39(47(60)61)50(54,5)6/h13-16,31-32,37-39,41-45H,1,11-12,17-30,33H2,2-10H3,(H,56,57)(H,60,61)/t37?,38-,39?,41?,42?,43?,44+,45-,51+,52-,53-,54?,55+/m1/s1. The molecule has 7 fully saturated rings. The highest BCUT2D eigenvalue weighted by atomic mass is 16.5. The van der Waals surface area contributed by atoms with E-state index in [4.69, 9.17) is 19.2 Å². The number of carboxylic acids is 1. The van der Waals surface area contributed by atoms with Crippen molar-refractivity contribution in [3.05, 3.63) is 48.4 Å². The number of hydrogen-bond acceptors (Lipinski definition) is 7. The van der Waals surface area contributed by atoms with Crippen LogP contribution in [0.1, 0.15) is 151 Å². The van der Waals surface area contributed by atoms with Gasteiger partial charge in [-0.1, -0.05) is 60.6 Å². The van der Waals surface area contributed by atoms with Crippen LogP contribution in [0, 0.1) is 73.4 Å². The van der Waals surface area contributed by atoms with Crippen LogP contribution in [0.15, 0.2) is 42.6 Å². The van der Waals surface area contributed by atoms with Crippen LogP contribution in [0.4, 0.5) is 0 Å². The molecule has 2 N–H and O–H groups in total. The van der Waals surface area contributed by atoms with Crippen molar-refractivity contribution in [1.82, 2.24) is 14.9 Å². The lowest BCUT2D eigenvalue weighted by atomic mass is 9.32. The van der Waals surface area contributed by atoms with Gasteiger partial charge < -0.3 is 34.0 Å². The van der Waals surface area contributed by atoms with E-state index in [9.17, 15) is 14.7 Å². The fourth-order valence-electron chi connectivity index (χ4n) is 17.2. The van der Waals surface area contributed by atoms with E-state index in [2.05, 4.69) is 70.1 Å². The number of hydrogen-bond donors (Lipinski definition) is 2. The number of aromatic nitrogens is 2. The Balaban J connectivity index is 0.938. The van der Waals surface area contributed by atoms with Gasteiger partial charge in [0.1, 0.15) is 24.5 Å². The highest BCUT2D eigenvalue weighted by Gasteiger charge is 2.73. The van der Waals surface area contributed by atoms with Crippen molar-refractivity contribution in [2.75, 3.05) is 33.5 Å². The number of allylic oxidation sites excluding steroid dienone is 1. The molecule has 65 heavy (non-hydrogen) atoms. The molecular weight excluding hydrogens is 815 g/mol. The summed E-state index contributed by atoms with van der Waals surface area (Å²) < 4.78 is 17.8. The molecule has 6 saturated carbocycles. The summed E-state index contributed by atoms with van der Waals surface area (Å²) in [6.07, 6.45) is 15.9. The monoisotopic (exact) mass is 894 g/mol. The quantitative estimate of drug-likeness (QED) is 0.115. The van der Waals surface area contributed by atoms with E-state index >= 15 is 4.79 Å². The number of fused-ring (bicyclic) bond motifs is 7. The molecular formula is C55H79N3O7. The first-order chi connectivity index (χ1) is 30.7. The van der Waals surface area contributed by atoms with Gasteiger partial charge in [-0.05, 0) is 177 Å². The third kappa shape index (κ3) is 6.80. The van der Waals surface area contributed by atoms with Crippen LogP contribution < -0.4 is 4.74 Å². The number of benzene rings is 1. The molecule has 6 unspecified atom stereocenters. The normalized spacial score (nSPS) is 41.3. The number of rotatable bonds is 13. The van der Waals surface area contributed by atoms with E-state index in [-0.39, 0.29) is 45.1 Å². The molecule has 1 aromatic heterocycles. The van der Waals surface area contributed by atoms with Crippen molar-refractivity contribution in [3.63, 3.8) is 0 Å². The van der Waals surface area contributed by atoms with Crippen LogP contribution in [0.5, 0.6) is 5.75 Å². The van der Waals surface area contributed by atoms with E-state index < -0.39 is 22.7 Å². The number of aromatic amines is 1. The molecule has 0 spiro atoms. The zero-order chi connectivity index (χ0) is 46.5. The average molecular weight is 894 g/mol. The molecule has 2 aromatic rings. The van der Waals surface area contributed by atoms with Gasteiger partial charge in [0.15, 0.2) is 0 Å². The Morgan fingerprint density at radius 2 is 1.66 bits per heavy atom. The molecule has 0 bridgehead atoms. The van der Waals surface area contributed by atoms with E-state index in [1.165, 1.54) is 18.4 Å². The number of likely N-dealkylation sites (tertiary alicyclic amines) is 1. The number of amides is 1. The first-order valence-electron chi connectivity index (χ1n) is 25.3. The van der Waals surface area contributed by atoms with Crippen LogP contribution in [0.25, 0.3) is 11.3 Å². The zero-order valence-corrected chi connectivity index (χ0v) is 41.1. The second-order valence-corrected chi connectivity index (χ2v) is 24.3. The van der Waals surface area contributed by atoms with Gasteiger partial charge in [0.2, 0.25) is 5.91 Å². The molecule has 1 aliphatic heterocycles. The lowest BCUT2D eigenvalue weighted by Gasteiger charge is -2.73. The third-order valence-corrected chi connectivity index (χ3v) is 21.4. The van der Waals surface area contributed by atoms with Crippen LogP contribution in [0.2, 0.25) is 0 Å². The molecule has 6 aliphatic carbocycles. The summed E-state index contributed by atoms with van der Waals surface area (Å²) in [5.74, 6) is 2.85. The summed E-state index contributed by atoms with van der Waals surface area (Å²) in [7, 11) is 1.67. The van der Waals surface area contributed by atoms with Crippen LogP contribution >= 0.6 is 0 Å². The second-order valence-electron chi connectivity index (χ2n) is 24.3. The number of carboxylic acid groups (broad SMARTS) is 1. The largest absolute Gasteiger partial charge is 0.491 e. The number of nitrogens with one attached hydrogen (secondary N) is 1. The minimum Gasteiger partial charge on any atom is -0.491 e. The van der Waals surface area contributed by atoms with Crippen molar-refractivity contribution in [1.29, 1.82) is 0 Å². The van der Waals surface area contributed by atoms with Crippen LogP contribution in [-0.2, 0) is 23.9 Å². The van der Waals surface area contributed by atoms with Gasteiger partial charge in [0.05, 0.1) is 54.0 Å². The molecule has 1 saturated heterocycles. The first-order valence-corrected chi connectivity index (χ1v) is 25.3. The van der Waals surface area contributed by atoms with Gasteiger partial charge in [-0.2, -0.15) is 0 Å². The van der Waals surface area contributed by atoms with Gasteiger partial charge in [-0.25, -0.2) is 4.98 Å². The lowest BCUT2D eigenvalue weighted by molar-refractivity contribution is -0.256. The van der Waals surface area contributed by atoms with Gasteiger partial charge >= 0.3 is 5.97 Å². The molecule has 1 amide bonds. The Morgan fingerprint density at radius 1 is 0.908 bits per heavy atom. The van der Waals surface area contributed by atoms with E-state index in [1.807, 2.05) is 32.2 Å². The number of ether oxygens (including phenoxy) is 3. The fourth-order valence-corrected chi connectivity index (χ4v) is 17.2. The number of methoxy groups -OCH3 is 1. The average Bonchev–Trinajstić information content (AvgIpc) is 4.04. The molecule has 356 valence electrons. The van der Waals surface area contributed by atoms with Crippen molar-refractivity contribution in [2.45, 2.75) is 151 Å². The summed E-state index contributed by atoms with van der Waals surface area (Å²) in [6.45, 7) is 25.6. The van der Waals surface area contributed by atoms with Gasteiger partial charge in [0.25, 0.3) is 0 Å². The molecule has 13 atom stereocenters. The Morgan fingerprint density at radius 3 is 2.34 bits per heavy atom. The Labute approximate surface area is 388 Å². The number of carbonyl (C=O) groups excluding carboxylic acids is 2. The number of aldehydes is 1. The molecule has 10 heteroatoms. The van der Waals surface area contributed by atoms with Crippen molar-refractivity contribution >= 4 is 18.2 Å². The highest BCUT2D eigenvalue weighted by molar-refractivity contribution is 5.85. The van der Waals surface area contributed by atoms with E-state index in [1.54, 1.807) is 7.11 Å². The molecule has 1 aromatic carbocycles. The molecule has 0 radical (unpaired) electrons. The lowest BCUT2D eigenvalue weighted by Crippen LogP contribution is -2.67.